The molecule has 2 rings (SSSR count). The van der Waals surface area contributed by atoms with Crippen LogP contribution in [-0.2, 0) is 6.61 Å². The first kappa shape index (κ1) is 10.6. The molecule has 82 valence electrons. The van der Waals surface area contributed by atoms with Gasteiger partial charge in [0.2, 0.25) is 0 Å². The fourth-order valence-electron chi connectivity index (χ4n) is 2.53. The van der Waals surface area contributed by atoms with Gasteiger partial charge < -0.3 is 5.11 Å². The molecule has 1 aliphatic carbocycles. The maximum absolute atomic E-state index is 12.7. The zero-order chi connectivity index (χ0) is 10.7. The normalized spacial score (nSPS) is 25.7. The Labute approximate surface area is 89.9 Å². The van der Waals surface area contributed by atoms with Gasteiger partial charge in [-0.05, 0) is 35.8 Å². The predicted molar refractivity (Wildman–Crippen MR) is 58.4 cm³/mol. The van der Waals surface area contributed by atoms with Crippen LogP contribution in [0.1, 0.15) is 36.3 Å². The van der Waals surface area contributed by atoms with Crippen molar-refractivity contribution in [2.75, 3.05) is 6.67 Å². The van der Waals surface area contributed by atoms with Crippen LogP contribution in [0, 0.1) is 5.92 Å². The van der Waals surface area contributed by atoms with E-state index in [0.29, 0.717) is 5.92 Å². The third-order valence-electron chi connectivity index (χ3n) is 3.45. The van der Waals surface area contributed by atoms with Crippen molar-refractivity contribution in [2.45, 2.75) is 31.8 Å². The lowest BCUT2D eigenvalue weighted by Crippen LogP contribution is -2.08. The summed E-state index contributed by atoms with van der Waals surface area (Å²) < 4.78 is 12.7. The van der Waals surface area contributed by atoms with Crippen LogP contribution in [0.15, 0.2) is 24.3 Å². The van der Waals surface area contributed by atoms with Gasteiger partial charge in [0.05, 0.1) is 13.3 Å². The molecular formula is C13H17FO. The van der Waals surface area contributed by atoms with Crippen LogP contribution in [0.3, 0.4) is 0 Å². The number of rotatable bonds is 3. The standard InChI is InChI=1S/C13H17FO/c14-8-12-2-1-3-13(12)11-6-4-10(9-15)5-7-11/h4-7,12-13,15H,1-3,8-9H2. The van der Waals surface area contributed by atoms with Crippen LogP contribution in [0.2, 0.25) is 0 Å². The van der Waals surface area contributed by atoms with Crippen molar-refractivity contribution in [3.63, 3.8) is 0 Å². The molecule has 0 bridgehead atoms. The van der Waals surface area contributed by atoms with Gasteiger partial charge in [-0.3, -0.25) is 4.39 Å². The molecule has 2 heteroatoms. The van der Waals surface area contributed by atoms with E-state index in [1.54, 1.807) is 0 Å². The minimum Gasteiger partial charge on any atom is -0.392 e. The Bertz CT molecular complexity index is 307. The minimum atomic E-state index is -0.202. The predicted octanol–water partition coefficient (Wildman–Crippen LogP) is 3.03. The highest BCUT2D eigenvalue weighted by atomic mass is 19.1. The summed E-state index contributed by atoms with van der Waals surface area (Å²) in [7, 11) is 0. The van der Waals surface area contributed by atoms with Gasteiger partial charge in [-0.2, -0.15) is 0 Å². The highest BCUT2D eigenvalue weighted by Crippen LogP contribution is 2.39. The fourth-order valence-corrected chi connectivity index (χ4v) is 2.53. The largest absolute Gasteiger partial charge is 0.392 e. The average molecular weight is 208 g/mol. The van der Waals surface area contributed by atoms with E-state index in [9.17, 15) is 4.39 Å². The fraction of sp³-hybridized carbons (Fsp3) is 0.538. The Balaban J connectivity index is 2.14. The SMILES string of the molecule is OCc1ccc(C2CCCC2CF)cc1. The van der Waals surface area contributed by atoms with E-state index in [2.05, 4.69) is 0 Å². The second-order valence-corrected chi connectivity index (χ2v) is 4.35. The van der Waals surface area contributed by atoms with Crippen molar-refractivity contribution in [2.24, 2.45) is 5.92 Å². The molecule has 1 N–H and O–H groups in total. The van der Waals surface area contributed by atoms with Crippen LogP contribution >= 0.6 is 0 Å². The van der Waals surface area contributed by atoms with Gasteiger partial charge >= 0.3 is 0 Å². The number of aliphatic hydroxyl groups is 1. The van der Waals surface area contributed by atoms with E-state index in [-0.39, 0.29) is 19.2 Å². The molecule has 1 aromatic rings. The molecule has 1 saturated carbocycles. The van der Waals surface area contributed by atoms with Gasteiger partial charge in [0.1, 0.15) is 0 Å². The third-order valence-corrected chi connectivity index (χ3v) is 3.45. The zero-order valence-corrected chi connectivity index (χ0v) is 8.82. The Hall–Kier alpha value is -0.890. The summed E-state index contributed by atoms with van der Waals surface area (Å²) >= 11 is 0. The van der Waals surface area contributed by atoms with Crippen LogP contribution < -0.4 is 0 Å². The van der Waals surface area contributed by atoms with Crippen molar-refractivity contribution >= 4 is 0 Å². The number of hydrogen-bond acceptors (Lipinski definition) is 1. The second kappa shape index (κ2) is 4.75. The van der Waals surface area contributed by atoms with Gasteiger partial charge in [0, 0.05) is 0 Å². The van der Waals surface area contributed by atoms with Crippen molar-refractivity contribution < 1.29 is 9.50 Å². The monoisotopic (exact) mass is 208 g/mol. The second-order valence-electron chi connectivity index (χ2n) is 4.35. The summed E-state index contributed by atoms with van der Waals surface area (Å²) in [5, 5.41) is 8.93. The van der Waals surface area contributed by atoms with Gasteiger partial charge in [0.25, 0.3) is 0 Å². The summed E-state index contributed by atoms with van der Waals surface area (Å²) in [6.07, 6.45) is 3.26. The minimum absolute atomic E-state index is 0.0808. The van der Waals surface area contributed by atoms with Gasteiger partial charge in [-0.1, -0.05) is 30.7 Å². The molecule has 1 aromatic carbocycles. The van der Waals surface area contributed by atoms with E-state index < -0.39 is 0 Å². The molecule has 2 unspecified atom stereocenters. The maximum atomic E-state index is 12.7. The highest BCUT2D eigenvalue weighted by molar-refractivity contribution is 5.26. The molecule has 0 spiro atoms. The Morgan fingerprint density at radius 1 is 1.20 bits per heavy atom. The molecular weight excluding hydrogens is 191 g/mol. The number of aliphatic hydroxyl groups excluding tert-OH is 1. The Morgan fingerprint density at radius 3 is 2.53 bits per heavy atom. The first-order valence-corrected chi connectivity index (χ1v) is 5.61. The van der Waals surface area contributed by atoms with Gasteiger partial charge in [-0.25, -0.2) is 0 Å². The molecule has 0 saturated heterocycles. The molecule has 1 fully saturated rings. The lowest BCUT2D eigenvalue weighted by atomic mass is 9.89. The van der Waals surface area contributed by atoms with E-state index in [0.717, 1.165) is 24.8 Å². The van der Waals surface area contributed by atoms with Crippen molar-refractivity contribution in [1.29, 1.82) is 0 Å². The number of alkyl halides is 1. The summed E-state index contributed by atoms with van der Waals surface area (Å²) in [5.41, 5.74) is 2.15. The van der Waals surface area contributed by atoms with Crippen molar-refractivity contribution in [3.05, 3.63) is 35.4 Å². The molecule has 0 radical (unpaired) electrons. The first-order chi connectivity index (χ1) is 7.35. The van der Waals surface area contributed by atoms with Crippen LogP contribution in [-0.4, -0.2) is 11.8 Å². The van der Waals surface area contributed by atoms with Crippen LogP contribution in [0.4, 0.5) is 4.39 Å². The van der Waals surface area contributed by atoms with Crippen molar-refractivity contribution in [3.8, 4) is 0 Å². The average Bonchev–Trinajstić information content (AvgIpc) is 2.77. The Kier molecular flexibility index (Phi) is 3.37. The first-order valence-electron chi connectivity index (χ1n) is 5.61. The molecule has 15 heavy (non-hydrogen) atoms. The molecule has 0 heterocycles. The number of benzene rings is 1. The third kappa shape index (κ3) is 2.20. The Morgan fingerprint density at radius 2 is 1.93 bits per heavy atom. The summed E-state index contributed by atoms with van der Waals surface area (Å²) in [5.74, 6) is 0.604. The molecule has 1 nitrogen and oxygen atoms in total. The van der Waals surface area contributed by atoms with Gasteiger partial charge in [0.15, 0.2) is 0 Å². The number of halogens is 1. The lowest BCUT2D eigenvalue weighted by Gasteiger charge is -2.17. The van der Waals surface area contributed by atoms with Crippen LogP contribution in [0.5, 0.6) is 0 Å². The van der Waals surface area contributed by atoms with Gasteiger partial charge in [-0.15, -0.1) is 0 Å². The van der Waals surface area contributed by atoms with E-state index in [1.165, 1.54) is 5.56 Å². The van der Waals surface area contributed by atoms with E-state index in [1.807, 2.05) is 24.3 Å². The lowest BCUT2D eigenvalue weighted by molar-refractivity contribution is 0.281. The van der Waals surface area contributed by atoms with Crippen LogP contribution in [0.25, 0.3) is 0 Å². The quantitative estimate of drug-likeness (QED) is 0.809. The molecule has 1 aliphatic rings. The summed E-state index contributed by atoms with van der Waals surface area (Å²) in [4.78, 5) is 0. The molecule has 2 atom stereocenters. The maximum Gasteiger partial charge on any atom is 0.0928 e. The van der Waals surface area contributed by atoms with E-state index in [4.69, 9.17) is 5.11 Å². The van der Waals surface area contributed by atoms with E-state index >= 15 is 0 Å². The molecule has 0 aliphatic heterocycles. The highest BCUT2D eigenvalue weighted by Gasteiger charge is 2.28. The number of hydrogen-bond donors (Lipinski definition) is 1. The molecule has 0 amide bonds. The zero-order valence-electron chi connectivity index (χ0n) is 8.82. The summed E-state index contributed by atoms with van der Waals surface area (Å²) in [6, 6.07) is 7.93. The topological polar surface area (TPSA) is 20.2 Å². The molecule has 0 aromatic heterocycles. The summed E-state index contributed by atoms with van der Waals surface area (Å²) in [6.45, 7) is -0.121. The van der Waals surface area contributed by atoms with Crippen molar-refractivity contribution in [1.82, 2.24) is 0 Å². The smallest absolute Gasteiger partial charge is 0.0928 e.